The monoisotopic (exact) mass is 372 g/mol. The fourth-order valence-electron chi connectivity index (χ4n) is 2.01. The molecule has 0 aliphatic heterocycles. The number of hydrogen-bond donors (Lipinski definition) is 0. The SMILES string of the molecule is Cc1c(Cl)nn2c(-c3c(F)cc(Br)cc3F)nnc2c1C. The van der Waals surface area contributed by atoms with Crippen LogP contribution in [0.2, 0.25) is 5.15 Å². The highest BCUT2D eigenvalue weighted by Crippen LogP contribution is 2.29. The molecular weight excluding hydrogens is 366 g/mol. The summed E-state index contributed by atoms with van der Waals surface area (Å²) in [6.07, 6.45) is 0. The maximum Gasteiger partial charge on any atom is 0.191 e. The Bertz CT molecular complexity index is 855. The minimum Gasteiger partial charge on any atom is -0.206 e. The van der Waals surface area contributed by atoms with Crippen molar-refractivity contribution in [3.8, 4) is 11.4 Å². The zero-order chi connectivity index (χ0) is 15.3. The lowest BCUT2D eigenvalue weighted by atomic mass is 10.2. The van der Waals surface area contributed by atoms with E-state index >= 15 is 0 Å². The second-order valence-electron chi connectivity index (χ2n) is 4.54. The molecule has 4 nitrogen and oxygen atoms in total. The van der Waals surface area contributed by atoms with Gasteiger partial charge in [-0.2, -0.15) is 9.61 Å². The van der Waals surface area contributed by atoms with Crippen LogP contribution in [0, 0.1) is 25.5 Å². The molecule has 0 unspecified atom stereocenters. The van der Waals surface area contributed by atoms with E-state index in [9.17, 15) is 8.78 Å². The van der Waals surface area contributed by atoms with Crippen LogP contribution in [-0.2, 0) is 0 Å². The summed E-state index contributed by atoms with van der Waals surface area (Å²) in [7, 11) is 0. The van der Waals surface area contributed by atoms with E-state index in [1.165, 1.54) is 4.52 Å². The molecule has 0 fully saturated rings. The van der Waals surface area contributed by atoms with Gasteiger partial charge in [-0.15, -0.1) is 10.2 Å². The standard InChI is InChI=1S/C13H8BrClF2N4/c1-5-6(2)12-18-19-13(21(12)20-11(5)15)10-8(16)3-7(14)4-9(10)17/h3-4H,1-2H3. The van der Waals surface area contributed by atoms with Gasteiger partial charge in [0.15, 0.2) is 16.6 Å². The van der Waals surface area contributed by atoms with Gasteiger partial charge in [0, 0.05) is 10.0 Å². The van der Waals surface area contributed by atoms with Crippen LogP contribution in [0.1, 0.15) is 11.1 Å². The van der Waals surface area contributed by atoms with Gasteiger partial charge in [0.05, 0.1) is 5.56 Å². The van der Waals surface area contributed by atoms with Crippen LogP contribution in [0.15, 0.2) is 16.6 Å². The van der Waals surface area contributed by atoms with E-state index in [4.69, 9.17) is 11.6 Å². The Morgan fingerprint density at radius 2 is 1.71 bits per heavy atom. The van der Waals surface area contributed by atoms with Gasteiger partial charge in [-0.25, -0.2) is 8.78 Å². The van der Waals surface area contributed by atoms with Gasteiger partial charge in [-0.1, -0.05) is 27.5 Å². The van der Waals surface area contributed by atoms with Crippen molar-refractivity contribution in [2.24, 2.45) is 0 Å². The summed E-state index contributed by atoms with van der Waals surface area (Å²) in [6, 6.07) is 2.31. The average molecular weight is 374 g/mol. The van der Waals surface area contributed by atoms with Gasteiger partial charge in [0.2, 0.25) is 0 Å². The topological polar surface area (TPSA) is 43.1 Å². The zero-order valence-electron chi connectivity index (χ0n) is 11.0. The minimum atomic E-state index is -0.757. The number of benzene rings is 1. The van der Waals surface area contributed by atoms with Crippen molar-refractivity contribution in [1.82, 2.24) is 19.8 Å². The Hall–Kier alpha value is -1.60. The Balaban J connectivity index is 2.38. The van der Waals surface area contributed by atoms with E-state index in [1.54, 1.807) is 13.8 Å². The second kappa shape index (κ2) is 4.99. The van der Waals surface area contributed by atoms with Crippen LogP contribution in [0.3, 0.4) is 0 Å². The van der Waals surface area contributed by atoms with Crippen molar-refractivity contribution >= 4 is 33.2 Å². The third-order valence-corrected chi connectivity index (χ3v) is 4.08. The molecule has 0 aliphatic rings. The lowest BCUT2D eigenvalue weighted by Crippen LogP contribution is -2.02. The summed E-state index contributed by atoms with van der Waals surface area (Å²) in [5.41, 5.74) is 1.62. The van der Waals surface area contributed by atoms with E-state index in [-0.39, 0.29) is 16.5 Å². The largest absolute Gasteiger partial charge is 0.206 e. The number of fused-ring (bicyclic) bond motifs is 1. The van der Waals surface area contributed by atoms with Crippen LogP contribution < -0.4 is 0 Å². The Morgan fingerprint density at radius 1 is 1.10 bits per heavy atom. The summed E-state index contributed by atoms with van der Waals surface area (Å²) in [4.78, 5) is 0. The van der Waals surface area contributed by atoms with Gasteiger partial charge in [-0.3, -0.25) is 0 Å². The first-order chi connectivity index (χ1) is 9.90. The summed E-state index contributed by atoms with van der Waals surface area (Å²) in [5.74, 6) is -1.54. The Morgan fingerprint density at radius 3 is 2.33 bits per heavy atom. The van der Waals surface area contributed by atoms with Crippen LogP contribution in [0.25, 0.3) is 17.0 Å². The minimum absolute atomic E-state index is 0.0301. The van der Waals surface area contributed by atoms with Crippen LogP contribution in [-0.4, -0.2) is 19.8 Å². The van der Waals surface area contributed by atoms with E-state index in [1.807, 2.05) is 0 Å². The predicted octanol–water partition coefficient (Wildman–Crippen LogP) is 4.10. The molecule has 3 rings (SSSR count). The molecule has 0 spiro atoms. The third-order valence-electron chi connectivity index (χ3n) is 3.27. The Kier molecular flexibility index (Phi) is 3.41. The molecule has 0 saturated heterocycles. The maximum atomic E-state index is 14.1. The molecule has 108 valence electrons. The second-order valence-corrected chi connectivity index (χ2v) is 5.82. The predicted molar refractivity (Wildman–Crippen MR) is 78.3 cm³/mol. The van der Waals surface area contributed by atoms with E-state index < -0.39 is 11.6 Å². The summed E-state index contributed by atoms with van der Waals surface area (Å²) >= 11 is 9.06. The third kappa shape index (κ3) is 2.20. The molecule has 21 heavy (non-hydrogen) atoms. The molecule has 0 aliphatic carbocycles. The molecule has 0 radical (unpaired) electrons. The summed E-state index contributed by atoms with van der Waals surface area (Å²) < 4.78 is 29.7. The smallest absolute Gasteiger partial charge is 0.191 e. The van der Waals surface area contributed by atoms with Crippen molar-refractivity contribution in [1.29, 1.82) is 0 Å². The van der Waals surface area contributed by atoms with Crippen molar-refractivity contribution < 1.29 is 8.78 Å². The molecule has 0 atom stereocenters. The molecule has 0 N–H and O–H groups in total. The molecule has 0 bridgehead atoms. The average Bonchev–Trinajstić information content (AvgIpc) is 2.79. The van der Waals surface area contributed by atoms with Crippen LogP contribution in [0.5, 0.6) is 0 Å². The quantitative estimate of drug-likeness (QED) is 0.645. The fraction of sp³-hybridized carbons (Fsp3) is 0.154. The molecule has 1 aromatic carbocycles. The number of aromatic nitrogens is 4. The van der Waals surface area contributed by atoms with Gasteiger partial charge in [0.25, 0.3) is 0 Å². The van der Waals surface area contributed by atoms with Crippen molar-refractivity contribution in [2.45, 2.75) is 13.8 Å². The van der Waals surface area contributed by atoms with Crippen molar-refractivity contribution in [3.05, 3.63) is 44.5 Å². The van der Waals surface area contributed by atoms with Gasteiger partial charge < -0.3 is 0 Å². The number of halogens is 4. The lowest BCUT2D eigenvalue weighted by molar-refractivity contribution is 0.585. The number of rotatable bonds is 1. The van der Waals surface area contributed by atoms with Gasteiger partial charge in [0.1, 0.15) is 11.6 Å². The first kappa shape index (κ1) is 14.3. The molecule has 2 heterocycles. The first-order valence-electron chi connectivity index (χ1n) is 5.93. The highest BCUT2D eigenvalue weighted by atomic mass is 79.9. The normalized spacial score (nSPS) is 11.3. The molecule has 8 heteroatoms. The molecule has 3 aromatic rings. The number of nitrogens with zero attached hydrogens (tertiary/aromatic N) is 4. The molecule has 0 saturated carbocycles. The maximum absolute atomic E-state index is 14.1. The number of hydrogen-bond acceptors (Lipinski definition) is 3. The van der Waals surface area contributed by atoms with E-state index in [0.717, 1.165) is 23.3 Å². The first-order valence-corrected chi connectivity index (χ1v) is 7.10. The summed E-state index contributed by atoms with van der Waals surface area (Å²) in [5, 5.41) is 12.1. The Labute approximate surface area is 131 Å². The molecular formula is C13H8BrClF2N4. The van der Waals surface area contributed by atoms with Crippen LogP contribution in [0.4, 0.5) is 8.78 Å². The molecule has 0 amide bonds. The number of aryl methyl sites for hydroxylation is 1. The van der Waals surface area contributed by atoms with Crippen molar-refractivity contribution in [3.63, 3.8) is 0 Å². The fourth-order valence-corrected chi connectivity index (χ4v) is 2.62. The van der Waals surface area contributed by atoms with E-state index in [0.29, 0.717) is 10.1 Å². The van der Waals surface area contributed by atoms with Gasteiger partial charge >= 0.3 is 0 Å². The van der Waals surface area contributed by atoms with Crippen molar-refractivity contribution in [2.75, 3.05) is 0 Å². The van der Waals surface area contributed by atoms with Crippen LogP contribution >= 0.6 is 27.5 Å². The molecule has 2 aromatic heterocycles. The van der Waals surface area contributed by atoms with Gasteiger partial charge in [-0.05, 0) is 31.5 Å². The van der Waals surface area contributed by atoms with E-state index in [2.05, 4.69) is 31.2 Å². The highest BCUT2D eigenvalue weighted by molar-refractivity contribution is 9.10. The summed E-state index contributed by atoms with van der Waals surface area (Å²) in [6.45, 7) is 3.59. The zero-order valence-corrected chi connectivity index (χ0v) is 13.3. The lowest BCUT2D eigenvalue weighted by Gasteiger charge is -2.06. The highest BCUT2D eigenvalue weighted by Gasteiger charge is 2.21.